The van der Waals surface area contributed by atoms with Crippen LogP contribution in [0.2, 0.25) is 0 Å². The van der Waals surface area contributed by atoms with Crippen molar-refractivity contribution in [3.8, 4) is 0 Å². The molecule has 0 aromatic heterocycles. The number of likely N-dealkylation sites (tertiary alicyclic amines) is 1. The van der Waals surface area contributed by atoms with E-state index in [0.29, 0.717) is 19.6 Å². The van der Waals surface area contributed by atoms with Crippen molar-refractivity contribution in [1.82, 2.24) is 14.9 Å². The van der Waals surface area contributed by atoms with Crippen LogP contribution in [0.3, 0.4) is 0 Å². The molecule has 0 bridgehead atoms. The molecule has 0 aliphatic carbocycles. The van der Waals surface area contributed by atoms with E-state index in [1.165, 1.54) is 12.1 Å². The quantitative estimate of drug-likeness (QED) is 0.701. The predicted octanol–water partition coefficient (Wildman–Crippen LogP) is 1.37. The second-order valence-corrected chi connectivity index (χ2v) is 7.16. The van der Waals surface area contributed by atoms with Crippen LogP contribution in [0, 0.1) is 5.82 Å². The first-order valence-corrected chi connectivity index (χ1v) is 9.23. The van der Waals surface area contributed by atoms with Crippen molar-refractivity contribution in [2.24, 2.45) is 0 Å². The fourth-order valence-electron chi connectivity index (χ4n) is 2.46. The largest absolute Gasteiger partial charge is 0.339 e. The number of halogens is 2. The highest BCUT2D eigenvalue weighted by Crippen LogP contribution is 2.18. The average Bonchev–Trinajstić information content (AvgIpc) is 3.05. The second kappa shape index (κ2) is 9.31. The lowest BCUT2D eigenvalue weighted by Crippen LogP contribution is -2.32. The van der Waals surface area contributed by atoms with Gasteiger partial charge in [-0.1, -0.05) is 6.92 Å². The van der Waals surface area contributed by atoms with Crippen LogP contribution in [0.15, 0.2) is 23.1 Å². The van der Waals surface area contributed by atoms with Crippen molar-refractivity contribution in [1.29, 1.82) is 0 Å². The Kier molecular flexibility index (Phi) is 8.08. The van der Waals surface area contributed by atoms with Crippen molar-refractivity contribution in [2.45, 2.75) is 24.7 Å². The first kappa shape index (κ1) is 20.8. The normalized spacial score (nSPS) is 14.5. The van der Waals surface area contributed by atoms with Crippen LogP contribution in [0.4, 0.5) is 4.39 Å². The van der Waals surface area contributed by atoms with Gasteiger partial charge in [0.15, 0.2) is 0 Å². The Balaban J connectivity index is 0.00000288. The Morgan fingerprint density at radius 2 is 1.92 bits per heavy atom. The summed E-state index contributed by atoms with van der Waals surface area (Å²) in [6.45, 7) is 4.59. The molecule has 0 unspecified atom stereocenters. The highest BCUT2D eigenvalue weighted by molar-refractivity contribution is 7.89. The molecule has 0 spiro atoms. The predicted molar refractivity (Wildman–Crippen MR) is 92.5 cm³/mol. The van der Waals surface area contributed by atoms with E-state index in [0.717, 1.165) is 25.5 Å². The van der Waals surface area contributed by atoms with E-state index in [1.807, 2.05) is 6.92 Å². The summed E-state index contributed by atoms with van der Waals surface area (Å²) in [7, 11) is -3.78. The molecule has 1 aliphatic rings. The molecule has 1 saturated heterocycles. The molecule has 0 atom stereocenters. The molecule has 24 heavy (non-hydrogen) atoms. The summed E-state index contributed by atoms with van der Waals surface area (Å²) in [6.07, 6.45) is 1.82. The van der Waals surface area contributed by atoms with Gasteiger partial charge in [0.1, 0.15) is 5.82 Å². The van der Waals surface area contributed by atoms with Gasteiger partial charge in [-0.25, -0.2) is 17.5 Å². The second-order valence-electron chi connectivity index (χ2n) is 5.39. The Hall–Kier alpha value is -1.22. The van der Waals surface area contributed by atoms with E-state index in [-0.39, 0.29) is 35.3 Å². The van der Waals surface area contributed by atoms with Crippen LogP contribution in [0.25, 0.3) is 0 Å². The summed E-state index contributed by atoms with van der Waals surface area (Å²) in [5.41, 5.74) is -0.0847. The van der Waals surface area contributed by atoms with Gasteiger partial charge in [-0.2, -0.15) is 0 Å². The van der Waals surface area contributed by atoms with Gasteiger partial charge in [-0.05, 0) is 37.6 Å². The molecule has 1 aromatic carbocycles. The van der Waals surface area contributed by atoms with E-state index in [4.69, 9.17) is 0 Å². The molecule has 1 heterocycles. The molecule has 9 heteroatoms. The number of nitrogens with zero attached hydrogens (tertiary/aromatic N) is 1. The van der Waals surface area contributed by atoms with Gasteiger partial charge in [-0.15, -0.1) is 12.4 Å². The minimum atomic E-state index is -3.78. The molecule has 0 radical (unpaired) electrons. The summed E-state index contributed by atoms with van der Waals surface area (Å²) in [5, 5.41) is 2.99. The van der Waals surface area contributed by atoms with E-state index in [9.17, 15) is 17.6 Å². The molecule has 2 rings (SSSR count). The molecule has 1 aliphatic heterocycles. The molecule has 1 fully saturated rings. The van der Waals surface area contributed by atoms with Crippen LogP contribution < -0.4 is 10.0 Å². The number of nitrogens with one attached hydrogen (secondary N) is 2. The molecule has 2 N–H and O–H groups in total. The Bertz CT molecular complexity index is 664. The van der Waals surface area contributed by atoms with E-state index >= 15 is 0 Å². The third-order valence-electron chi connectivity index (χ3n) is 3.72. The summed E-state index contributed by atoms with van der Waals surface area (Å²) < 4.78 is 40.7. The fourth-order valence-corrected chi connectivity index (χ4v) is 3.50. The summed E-state index contributed by atoms with van der Waals surface area (Å²) in [6, 6.07) is 3.41. The van der Waals surface area contributed by atoms with Crippen molar-refractivity contribution in [3.63, 3.8) is 0 Å². The number of sulfonamides is 1. The SMILES string of the molecule is CCNCCNS(=O)(=O)c1ccc(C(=O)N2CCCC2)c(F)c1.Cl. The average molecular weight is 380 g/mol. The summed E-state index contributed by atoms with van der Waals surface area (Å²) in [5.74, 6) is -1.19. The molecule has 1 amide bonds. The van der Waals surface area contributed by atoms with Crippen molar-refractivity contribution < 1.29 is 17.6 Å². The van der Waals surface area contributed by atoms with Gasteiger partial charge in [0, 0.05) is 26.2 Å². The Morgan fingerprint density at radius 1 is 1.25 bits per heavy atom. The Morgan fingerprint density at radius 3 is 2.50 bits per heavy atom. The zero-order valence-electron chi connectivity index (χ0n) is 13.5. The van der Waals surface area contributed by atoms with Crippen LogP contribution in [-0.4, -0.2) is 51.9 Å². The molecule has 0 saturated carbocycles. The van der Waals surface area contributed by atoms with E-state index in [2.05, 4.69) is 10.0 Å². The maximum absolute atomic E-state index is 14.2. The number of rotatable bonds is 7. The third-order valence-corrected chi connectivity index (χ3v) is 5.18. The van der Waals surface area contributed by atoms with Gasteiger partial charge in [-0.3, -0.25) is 4.79 Å². The van der Waals surface area contributed by atoms with Crippen LogP contribution in [-0.2, 0) is 10.0 Å². The molecule has 136 valence electrons. The van der Waals surface area contributed by atoms with Gasteiger partial charge in [0.2, 0.25) is 10.0 Å². The number of hydrogen-bond donors (Lipinski definition) is 2. The van der Waals surface area contributed by atoms with Gasteiger partial charge in [0.25, 0.3) is 5.91 Å². The maximum Gasteiger partial charge on any atom is 0.256 e. The van der Waals surface area contributed by atoms with Gasteiger partial charge >= 0.3 is 0 Å². The lowest BCUT2D eigenvalue weighted by molar-refractivity contribution is 0.0788. The number of amides is 1. The molecular weight excluding hydrogens is 357 g/mol. The van der Waals surface area contributed by atoms with E-state index in [1.54, 1.807) is 4.90 Å². The summed E-state index contributed by atoms with van der Waals surface area (Å²) in [4.78, 5) is 13.6. The number of likely N-dealkylation sites (N-methyl/N-ethyl adjacent to an activating group) is 1. The highest BCUT2D eigenvalue weighted by atomic mass is 35.5. The third kappa shape index (κ3) is 5.14. The highest BCUT2D eigenvalue weighted by Gasteiger charge is 2.24. The zero-order valence-corrected chi connectivity index (χ0v) is 15.2. The lowest BCUT2D eigenvalue weighted by Gasteiger charge is -2.16. The number of hydrogen-bond acceptors (Lipinski definition) is 4. The number of benzene rings is 1. The number of carbonyl (C=O) groups is 1. The van der Waals surface area contributed by atoms with Crippen molar-refractivity contribution >= 4 is 28.3 Å². The van der Waals surface area contributed by atoms with Gasteiger partial charge in [0.05, 0.1) is 10.5 Å². The van der Waals surface area contributed by atoms with Crippen LogP contribution in [0.5, 0.6) is 0 Å². The topological polar surface area (TPSA) is 78.5 Å². The number of carbonyl (C=O) groups excluding carboxylic acids is 1. The van der Waals surface area contributed by atoms with Crippen LogP contribution >= 0.6 is 12.4 Å². The first-order chi connectivity index (χ1) is 11.0. The Labute approximate surface area is 148 Å². The maximum atomic E-state index is 14.2. The monoisotopic (exact) mass is 379 g/mol. The minimum Gasteiger partial charge on any atom is -0.339 e. The molecular formula is C15H23ClFN3O3S. The zero-order chi connectivity index (χ0) is 16.9. The van der Waals surface area contributed by atoms with E-state index < -0.39 is 15.8 Å². The van der Waals surface area contributed by atoms with Crippen molar-refractivity contribution in [3.05, 3.63) is 29.6 Å². The lowest BCUT2D eigenvalue weighted by atomic mass is 10.2. The molecule has 6 nitrogen and oxygen atoms in total. The fraction of sp³-hybridized carbons (Fsp3) is 0.533. The summed E-state index contributed by atoms with van der Waals surface area (Å²) >= 11 is 0. The molecule has 1 aromatic rings. The van der Waals surface area contributed by atoms with Gasteiger partial charge < -0.3 is 10.2 Å². The minimum absolute atomic E-state index is 0. The van der Waals surface area contributed by atoms with Crippen LogP contribution in [0.1, 0.15) is 30.1 Å². The standard InChI is InChI=1S/C15H22FN3O3S.ClH/c1-2-17-7-8-18-23(21,22)12-5-6-13(14(16)11-12)15(20)19-9-3-4-10-19;/h5-6,11,17-18H,2-4,7-10H2,1H3;1H. The van der Waals surface area contributed by atoms with Crippen molar-refractivity contribution in [2.75, 3.05) is 32.7 Å². The smallest absolute Gasteiger partial charge is 0.256 e. The first-order valence-electron chi connectivity index (χ1n) is 7.75.